The van der Waals surface area contributed by atoms with Crippen molar-refractivity contribution in [1.82, 2.24) is 5.32 Å². The van der Waals surface area contributed by atoms with Gasteiger partial charge in [0.2, 0.25) is 11.8 Å². The van der Waals surface area contributed by atoms with E-state index in [1.54, 1.807) is 24.3 Å². The third-order valence-electron chi connectivity index (χ3n) is 2.57. The van der Waals surface area contributed by atoms with Gasteiger partial charge in [-0.3, -0.25) is 9.59 Å². The standard InChI is InChI=1S/C12H11N3O2/c13-7-8-2-1-3-9(6-8)14-12(17)10-4-5-11(16)15-10/h1-3,6,10H,4-5H2,(H,14,17)(H,15,16). The van der Waals surface area contributed by atoms with Crippen LogP contribution in [0.25, 0.3) is 0 Å². The third kappa shape index (κ3) is 2.61. The Labute approximate surface area is 98.4 Å². The highest BCUT2D eigenvalue weighted by Crippen LogP contribution is 2.13. The van der Waals surface area contributed by atoms with Gasteiger partial charge in [0, 0.05) is 12.1 Å². The molecule has 2 N–H and O–H groups in total. The lowest BCUT2D eigenvalue weighted by Crippen LogP contribution is -2.37. The van der Waals surface area contributed by atoms with Crippen LogP contribution in [-0.4, -0.2) is 17.9 Å². The molecule has 0 aliphatic carbocycles. The van der Waals surface area contributed by atoms with Crippen LogP contribution in [0.1, 0.15) is 18.4 Å². The van der Waals surface area contributed by atoms with Crippen LogP contribution in [0.4, 0.5) is 5.69 Å². The van der Waals surface area contributed by atoms with E-state index >= 15 is 0 Å². The van der Waals surface area contributed by atoms with E-state index in [2.05, 4.69) is 10.6 Å². The maximum atomic E-state index is 11.8. The molecule has 1 unspecified atom stereocenters. The average Bonchev–Trinajstić information content (AvgIpc) is 2.76. The number of hydrogen-bond acceptors (Lipinski definition) is 3. The lowest BCUT2D eigenvalue weighted by molar-refractivity contribution is -0.122. The topological polar surface area (TPSA) is 82.0 Å². The summed E-state index contributed by atoms with van der Waals surface area (Å²) in [5, 5.41) is 14.0. The number of hydrogen-bond donors (Lipinski definition) is 2. The molecule has 1 aromatic carbocycles. The second-order valence-electron chi connectivity index (χ2n) is 3.84. The van der Waals surface area contributed by atoms with Crippen LogP contribution in [-0.2, 0) is 9.59 Å². The Bertz CT molecular complexity index is 505. The molecule has 1 atom stereocenters. The molecule has 0 spiro atoms. The molecule has 86 valence electrons. The Morgan fingerprint density at radius 3 is 3.00 bits per heavy atom. The van der Waals surface area contributed by atoms with Crippen molar-refractivity contribution in [1.29, 1.82) is 5.26 Å². The van der Waals surface area contributed by atoms with Gasteiger partial charge < -0.3 is 10.6 Å². The van der Waals surface area contributed by atoms with Gasteiger partial charge in [0.25, 0.3) is 0 Å². The molecule has 1 fully saturated rings. The Kier molecular flexibility index (Phi) is 3.06. The van der Waals surface area contributed by atoms with Crippen molar-refractivity contribution in [3.63, 3.8) is 0 Å². The van der Waals surface area contributed by atoms with E-state index in [0.717, 1.165) is 0 Å². The van der Waals surface area contributed by atoms with E-state index in [1.807, 2.05) is 6.07 Å². The minimum Gasteiger partial charge on any atom is -0.344 e. The molecule has 1 aliphatic heterocycles. The number of carbonyl (C=O) groups is 2. The van der Waals surface area contributed by atoms with Crippen molar-refractivity contribution in [3.05, 3.63) is 29.8 Å². The van der Waals surface area contributed by atoms with E-state index in [-0.39, 0.29) is 11.8 Å². The quantitative estimate of drug-likeness (QED) is 0.786. The lowest BCUT2D eigenvalue weighted by atomic mass is 10.2. The smallest absolute Gasteiger partial charge is 0.246 e. The Hall–Kier alpha value is -2.35. The highest BCUT2D eigenvalue weighted by atomic mass is 16.2. The molecule has 0 bridgehead atoms. The molecule has 0 radical (unpaired) electrons. The number of rotatable bonds is 2. The van der Waals surface area contributed by atoms with Gasteiger partial charge in [-0.2, -0.15) is 5.26 Å². The number of anilines is 1. The first-order valence-corrected chi connectivity index (χ1v) is 5.29. The van der Waals surface area contributed by atoms with Gasteiger partial charge in [0.15, 0.2) is 0 Å². The third-order valence-corrected chi connectivity index (χ3v) is 2.57. The van der Waals surface area contributed by atoms with Crippen LogP contribution < -0.4 is 10.6 Å². The normalized spacial score (nSPS) is 18.3. The molecule has 2 amide bonds. The maximum absolute atomic E-state index is 11.8. The molecule has 0 saturated carbocycles. The zero-order valence-corrected chi connectivity index (χ0v) is 9.06. The highest BCUT2D eigenvalue weighted by molar-refractivity contribution is 5.99. The van der Waals surface area contributed by atoms with Gasteiger partial charge in [-0.05, 0) is 24.6 Å². The Morgan fingerprint density at radius 1 is 1.53 bits per heavy atom. The number of amides is 2. The Morgan fingerprint density at radius 2 is 2.35 bits per heavy atom. The molecule has 1 aliphatic rings. The van der Waals surface area contributed by atoms with Gasteiger partial charge in [0.1, 0.15) is 6.04 Å². The van der Waals surface area contributed by atoms with Crippen molar-refractivity contribution < 1.29 is 9.59 Å². The second kappa shape index (κ2) is 4.66. The van der Waals surface area contributed by atoms with Crippen LogP contribution in [0.5, 0.6) is 0 Å². The Balaban J connectivity index is 2.03. The van der Waals surface area contributed by atoms with Crippen molar-refractivity contribution in [2.75, 3.05) is 5.32 Å². The van der Waals surface area contributed by atoms with E-state index in [9.17, 15) is 9.59 Å². The van der Waals surface area contributed by atoms with E-state index in [1.165, 1.54) is 0 Å². The van der Waals surface area contributed by atoms with Crippen LogP contribution in [0.2, 0.25) is 0 Å². The lowest BCUT2D eigenvalue weighted by Gasteiger charge is -2.10. The second-order valence-corrected chi connectivity index (χ2v) is 3.84. The van der Waals surface area contributed by atoms with Crippen LogP contribution >= 0.6 is 0 Å². The van der Waals surface area contributed by atoms with Crippen molar-refractivity contribution in [2.45, 2.75) is 18.9 Å². The summed E-state index contributed by atoms with van der Waals surface area (Å²) in [5.74, 6) is -0.345. The fraction of sp³-hybridized carbons (Fsp3) is 0.250. The van der Waals surface area contributed by atoms with Crippen LogP contribution in [0, 0.1) is 11.3 Å². The van der Waals surface area contributed by atoms with Gasteiger partial charge in [-0.1, -0.05) is 6.07 Å². The number of nitriles is 1. The summed E-state index contributed by atoms with van der Waals surface area (Å²) in [6.45, 7) is 0. The first-order chi connectivity index (χ1) is 8.19. The minimum absolute atomic E-state index is 0.101. The molecule has 5 nitrogen and oxygen atoms in total. The first kappa shape index (κ1) is 11.1. The maximum Gasteiger partial charge on any atom is 0.246 e. The van der Waals surface area contributed by atoms with Gasteiger partial charge in [-0.15, -0.1) is 0 Å². The summed E-state index contributed by atoms with van der Waals surface area (Å²) in [5.41, 5.74) is 1.05. The summed E-state index contributed by atoms with van der Waals surface area (Å²) >= 11 is 0. The molecule has 2 rings (SSSR count). The fourth-order valence-corrected chi connectivity index (χ4v) is 1.71. The predicted octanol–water partition coefficient (Wildman–Crippen LogP) is 0.775. The summed E-state index contributed by atoms with van der Waals surface area (Å²) in [7, 11) is 0. The molecule has 17 heavy (non-hydrogen) atoms. The van der Waals surface area contributed by atoms with Gasteiger partial charge in [0.05, 0.1) is 11.6 Å². The summed E-state index contributed by atoms with van der Waals surface area (Å²) < 4.78 is 0. The SMILES string of the molecule is N#Cc1cccc(NC(=O)C2CCC(=O)N2)c1. The average molecular weight is 229 g/mol. The molecule has 0 aromatic heterocycles. The van der Waals surface area contributed by atoms with Crippen molar-refractivity contribution in [2.24, 2.45) is 0 Å². The number of nitrogens with one attached hydrogen (secondary N) is 2. The van der Waals surface area contributed by atoms with E-state index in [4.69, 9.17) is 5.26 Å². The largest absolute Gasteiger partial charge is 0.344 e. The zero-order valence-electron chi connectivity index (χ0n) is 9.06. The molecule has 1 heterocycles. The molecular formula is C12H11N3O2. The molecular weight excluding hydrogens is 218 g/mol. The van der Waals surface area contributed by atoms with Crippen LogP contribution in [0.15, 0.2) is 24.3 Å². The van der Waals surface area contributed by atoms with Crippen molar-refractivity contribution in [3.8, 4) is 6.07 Å². The highest BCUT2D eigenvalue weighted by Gasteiger charge is 2.26. The first-order valence-electron chi connectivity index (χ1n) is 5.29. The fourth-order valence-electron chi connectivity index (χ4n) is 1.71. The summed E-state index contributed by atoms with van der Waals surface area (Å²) in [6.07, 6.45) is 0.902. The van der Waals surface area contributed by atoms with Gasteiger partial charge >= 0.3 is 0 Å². The number of nitrogens with zero attached hydrogens (tertiary/aromatic N) is 1. The van der Waals surface area contributed by atoms with Crippen molar-refractivity contribution >= 4 is 17.5 Å². The summed E-state index contributed by atoms with van der Waals surface area (Å²) in [6, 6.07) is 8.18. The zero-order chi connectivity index (χ0) is 12.3. The number of carbonyl (C=O) groups excluding carboxylic acids is 2. The molecule has 5 heteroatoms. The summed E-state index contributed by atoms with van der Waals surface area (Å²) in [4.78, 5) is 22.7. The van der Waals surface area contributed by atoms with E-state index in [0.29, 0.717) is 24.1 Å². The van der Waals surface area contributed by atoms with Gasteiger partial charge in [-0.25, -0.2) is 0 Å². The number of benzene rings is 1. The predicted molar refractivity (Wildman–Crippen MR) is 61.0 cm³/mol. The molecule has 1 aromatic rings. The minimum atomic E-state index is -0.465. The molecule has 1 saturated heterocycles. The van der Waals surface area contributed by atoms with E-state index < -0.39 is 6.04 Å². The monoisotopic (exact) mass is 229 g/mol. The van der Waals surface area contributed by atoms with Crippen LogP contribution in [0.3, 0.4) is 0 Å².